The van der Waals surface area contributed by atoms with Crippen LogP contribution in [-0.4, -0.2) is 18.2 Å². The van der Waals surface area contributed by atoms with Crippen molar-refractivity contribution in [1.29, 1.82) is 0 Å². The Labute approximate surface area is 133 Å². The number of nitrogens with one attached hydrogen (secondary N) is 1. The molecule has 1 aromatic heterocycles. The van der Waals surface area contributed by atoms with Gasteiger partial charge in [0.05, 0.1) is 12.1 Å². The third kappa shape index (κ3) is 2.95. The minimum Gasteiger partial charge on any atom is -0.495 e. The van der Waals surface area contributed by atoms with E-state index in [-0.39, 0.29) is 5.91 Å². The summed E-state index contributed by atoms with van der Waals surface area (Å²) in [5, 5.41) is 7.20. The Kier molecular flexibility index (Phi) is 4.34. The molecule has 1 heterocycles. The number of hydrogen-bond acceptors (Lipinski definition) is 4. The van der Waals surface area contributed by atoms with Crippen molar-refractivity contribution in [2.75, 3.05) is 12.4 Å². The van der Waals surface area contributed by atoms with E-state index in [1.807, 2.05) is 0 Å². The summed E-state index contributed by atoms with van der Waals surface area (Å²) in [4.78, 5) is 12.4. The summed E-state index contributed by atoms with van der Waals surface area (Å²) < 4.78 is 10.4. The molecule has 1 aliphatic carbocycles. The van der Waals surface area contributed by atoms with Crippen LogP contribution in [0, 0.1) is 0 Å². The molecular formula is C16H17ClN2O3. The average molecular weight is 321 g/mol. The lowest BCUT2D eigenvalue weighted by Crippen LogP contribution is -2.14. The lowest BCUT2D eigenvalue weighted by Gasteiger charge is -2.07. The van der Waals surface area contributed by atoms with E-state index in [1.54, 1.807) is 25.3 Å². The lowest BCUT2D eigenvalue weighted by atomic mass is 10.1. The standard InChI is InChI=1S/C16H17ClN2O3/c1-21-14-8-7-10(9-12(14)17)18-16(20)15-11-5-3-2-4-6-13(11)22-19-15/h7-9H,2-6H2,1H3,(H,18,20). The van der Waals surface area contributed by atoms with Gasteiger partial charge in [0.1, 0.15) is 11.5 Å². The van der Waals surface area contributed by atoms with E-state index in [0.29, 0.717) is 22.2 Å². The molecule has 1 amide bonds. The minimum absolute atomic E-state index is 0.270. The highest BCUT2D eigenvalue weighted by atomic mass is 35.5. The topological polar surface area (TPSA) is 64.4 Å². The highest BCUT2D eigenvalue weighted by molar-refractivity contribution is 6.32. The molecule has 0 saturated heterocycles. The van der Waals surface area contributed by atoms with Gasteiger partial charge in [-0.25, -0.2) is 0 Å². The SMILES string of the molecule is COc1ccc(NC(=O)c2noc3c2CCCCC3)cc1Cl. The van der Waals surface area contributed by atoms with Crippen molar-refractivity contribution in [2.24, 2.45) is 0 Å². The van der Waals surface area contributed by atoms with E-state index in [0.717, 1.165) is 43.4 Å². The van der Waals surface area contributed by atoms with E-state index in [4.69, 9.17) is 20.9 Å². The number of carbonyl (C=O) groups is 1. The van der Waals surface area contributed by atoms with Crippen LogP contribution in [0.2, 0.25) is 5.02 Å². The Balaban J connectivity index is 1.80. The normalized spacial score (nSPS) is 14.1. The highest BCUT2D eigenvalue weighted by Crippen LogP contribution is 2.28. The zero-order chi connectivity index (χ0) is 15.5. The highest BCUT2D eigenvalue weighted by Gasteiger charge is 2.23. The Bertz CT molecular complexity index is 697. The third-order valence-corrected chi connectivity index (χ3v) is 4.12. The Hall–Kier alpha value is -2.01. The zero-order valence-corrected chi connectivity index (χ0v) is 13.1. The minimum atomic E-state index is -0.270. The van der Waals surface area contributed by atoms with Crippen LogP contribution in [0.25, 0.3) is 0 Å². The van der Waals surface area contributed by atoms with E-state index < -0.39 is 0 Å². The molecule has 1 aromatic carbocycles. The van der Waals surface area contributed by atoms with Gasteiger partial charge in [-0.15, -0.1) is 0 Å². The number of ether oxygens (including phenoxy) is 1. The lowest BCUT2D eigenvalue weighted by molar-refractivity contribution is 0.101. The summed E-state index contributed by atoms with van der Waals surface area (Å²) >= 11 is 6.06. The zero-order valence-electron chi connectivity index (χ0n) is 12.3. The molecule has 2 aromatic rings. The molecule has 1 N–H and O–H groups in total. The number of halogens is 1. The van der Waals surface area contributed by atoms with Crippen molar-refractivity contribution in [3.8, 4) is 5.75 Å². The second-order valence-electron chi connectivity index (χ2n) is 5.30. The van der Waals surface area contributed by atoms with Crippen LogP contribution in [0.3, 0.4) is 0 Å². The van der Waals surface area contributed by atoms with Gasteiger partial charge in [0.2, 0.25) is 0 Å². The second-order valence-corrected chi connectivity index (χ2v) is 5.70. The maximum Gasteiger partial charge on any atom is 0.278 e. The second kappa shape index (κ2) is 6.40. The number of anilines is 1. The molecule has 0 spiro atoms. The molecule has 116 valence electrons. The van der Waals surface area contributed by atoms with Crippen molar-refractivity contribution >= 4 is 23.2 Å². The quantitative estimate of drug-likeness (QED) is 0.872. The van der Waals surface area contributed by atoms with Crippen LogP contribution >= 0.6 is 11.6 Å². The number of methoxy groups -OCH3 is 1. The van der Waals surface area contributed by atoms with Gasteiger partial charge >= 0.3 is 0 Å². The van der Waals surface area contributed by atoms with Crippen molar-refractivity contribution in [3.05, 3.63) is 40.2 Å². The Morgan fingerprint density at radius 1 is 1.32 bits per heavy atom. The fourth-order valence-electron chi connectivity index (χ4n) is 2.67. The first-order chi connectivity index (χ1) is 10.7. The fourth-order valence-corrected chi connectivity index (χ4v) is 2.93. The number of benzene rings is 1. The fraction of sp³-hybridized carbons (Fsp3) is 0.375. The first kappa shape index (κ1) is 14.9. The molecule has 0 aliphatic heterocycles. The number of aromatic nitrogens is 1. The summed E-state index contributed by atoms with van der Waals surface area (Å²) in [6, 6.07) is 5.10. The van der Waals surface area contributed by atoms with Gasteiger partial charge in [-0.05, 0) is 37.5 Å². The number of aryl methyl sites for hydroxylation is 1. The number of fused-ring (bicyclic) bond motifs is 1. The molecule has 0 fully saturated rings. The molecule has 22 heavy (non-hydrogen) atoms. The largest absolute Gasteiger partial charge is 0.495 e. The van der Waals surface area contributed by atoms with Crippen LogP contribution < -0.4 is 10.1 Å². The third-order valence-electron chi connectivity index (χ3n) is 3.82. The average Bonchev–Trinajstić information content (AvgIpc) is 2.77. The number of rotatable bonds is 3. The van der Waals surface area contributed by atoms with Crippen molar-refractivity contribution < 1.29 is 14.1 Å². The molecular weight excluding hydrogens is 304 g/mol. The van der Waals surface area contributed by atoms with Gasteiger partial charge in [-0.1, -0.05) is 23.2 Å². The molecule has 5 nitrogen and oxygen atoms in total. The molecule has 0 atom stereocenters. The smallest absolute Gasteiger partial charge is 0.278 e. The van der Waals surface area contributed by atoms with Crippen LogP contribution in [0.1, 0.15) is 41.1 Å². The predicted octanol–water partition coefficient (Wildman–Crippen LogP) is 3.86. The molecule has 3 rings (SSSR count). The molecule has 0 saturated carbocycles. The maximum absolute atomic E-state index is 12.4. The predicted molar refractivity (Wildman–Crippen MR) is 83.7 cm³/mol. The molecule has 0 radical (unpaired) electrons. The van der Waals surface area contributed by atoms with Gasteiger partial charge in [-0.3, -0.25) is 4.79 Å². The Morgan fingerprint density at radius 2 is 2.14 bits per heavy atom. The van der Waals surface area contributed by atoms with Gasteiger partial charge in [0, 0.05) is 17.7 Å². The van der Waals surface area contributed by atoms with E-state index in [9.17, 15) is 4.79 Å². The number of carbonyl (C=O) groups excluding carboxylic acids is 1. The summed E-state index contributed by atoms with van der Waals surface area (Å²) in [5.74, 6) is 1.14. The van der Waals surface area contributed by atoms with Gasteiger partial charge in [0.25, 0.3) is 5.91 Å². The van der Waals surface area contributed by atoms with E-state index in [2.05, 4.69) is 10.5 Å². The summed E-state index contributed by atoms with van der Waals surface area (Å²) in [5.41, 5.74) is 1.92. The van der Waals surface area contributed by atoms with Gasteiger partial charge < -0.3 is 14.6 Å². The maximum atomic E-state index is 12.4. The molecule has 1 aliphatic rings. The van der Waals surface area contributed by atoms with Gasteiger partial charge in [-0.2, -0.15) is 0 Å². The Morgan fingerprint density at radius 3 is 2.91 bits per heavy atom. The first-order valence-corrected chi connectivity index (χ1v) is 7.69. The molecule has 6 heteroatoms. The van der Waals surface area contributed by atoms with Crippen molar-refractivity contribution in [1.82, 2.24) is 5.16 Å². The molecule has 0 unspecified atom stereocenters. The van der Waals surface area contributed by atoms with Crippen LogP contribution in [0.15, 0.2) is 22.7 Å². The number of amides is 1. The van der Waals surface area contributed by atoms with Gasteiger partial charge in [0.15, 0.2) is 5.69 Å². The monoisotopic (exact) mass is 320 g/mol. The van der Waals surface area contributed by atoms with Crippen LogP contribution in [0.4, 0.5) is 5.69 Å². The van der Waals surface area contributed by atoms with Crippen molar-refractivity contribution in [3.63, 3.8) is 0 Å². The first-order valence-electron chi connectivity index (χ1n) is 7.31. The van der Waals surface area contributed by atoms with E-state index >= 15 is 0 Å². The number of nitrogens with zero attached hydrogens (tertiary/aromatic N) is 1. The summed E-state index contributed by atoms with van der Waals surface area (Å²) in [6.07, 6.45) is 4.98. The molecule has 0 bridgehead atoms. The summed E-state index contributed by atoms with van der Waals surface area (Å²) in [7, 11) is 1.55. The van der Waals surface area contributed by atoms with E-state index in [1.165, 1.54) is 0 Å². The van der Waals surface area contributed by atoms with Crippen LogP contribution in [-0.2, 0) is 12.8 Å². The van der Waals surface area contributed by atoms with Crippen molar-refractivity contribution in [2.45, 2.75) is 32.1 Å². The summed E-state index contributed by atoms with van der Waals surface area (Å²) in [6.45, 7) is 0. The number of hydrogen-bond donors (Lipinski definition) is 1. The van der Waals surface area contributed by atoms with Crippen LogP contribution in [0.5, 0.6) is 5.75 Å².